The quantitative estimate of drug-likeness (QED) is 0.777. The smallest absolute Gasteiger partial charge is 0.220 e. The maximum absolute atomic E-state index is 11.8. The molecule has 1 aromatic carbocycles. The molecule has 18 heavy (non-hydrogen) atoms. The molecule has 0 bridgehead atoms. The largest absolute Gasteiger partial charge is 0.352 e. The Hall–Kier alpha value is -1.35. The number of benzene rings is 1. The van der Waals surface area contributed by atoms with Crippen molar-refractivity contribution in [3.8, 4) is 0 Å². The van der Waals surface area contributed by atoms with Crippen molar-refractivity contribution in [2.75, 3.05) is 6.54 Å². The molecule has 0 aliphatic carbocycles. The molecule has 100 valence electrons. The highest BCUT2D eigenvalue weighted by Gasteiger charge is 2.09. The minimum atomic E-state index is 0.0967. The third-order valence-electron chi connectivity index (χ3n) is 3.05. The summed E-state index contributed by atoms with van der Waals surface area (Å²) in [7, 11) is 0. The Balaban J connectivity index is 2.34. The molecule has 0 aliphatic rings. The fraction of sp³-hybridized carbons (Fsp3) is 0.533. The maximum atomic E-state index is 11.8. The van der Waals surface area contributed by atoms with Gasteiger partial charge in [0.1, 0.15) is 0 Å². The zero-order chi connectivity index (χ0) is 13.4. The molecule has 0 saturated carbocycles. The molecule has 0 radical (unpaired) electrons. The molecular weight excluding hydrogens is 224 g/mol. The molecule has 3 nitrogen and oxygen atoms in total. The first kappa shape index (κ1) is 14.7. The summed E-state index contributed by atoms with van der Waals surface area (Å²) in [4.78, 5) is 11.8. The Morgan fingerprint density at radius 1 is 1.33 bits per heavy atom. The molecule has 1 atom stereocenters. The van der Waals surface area contributed by atoms with Crippen LogP contribution in [0, 0.1) is 6.92 Å². The second-order valence-electron chi connectivity index (χ2n) is 4.77. The van der Waals surface area contributed by atoms with Crippen LogP contribution in [0.2, 0.25) is 0 Å². The van der Waals surface area contributed by atoms with Gasteiger partial charge < -0.3 is 11.1 Å². The molecule has 0 aliphatic heterocycles. The minimum Gasteiger partial charge on any atom is -0.352 e. The summed E-state index contributed by atoms with van der Waals surface area (Å²) < 4.78 is 0. The highest BCUT2D eigenvalue weighted by molar-refractivity contribution is 5.76. The van der Waals surface area contributed by atoms with Crippen molar-refractivity contribution in [3.63, 3.8) is 0 Å². The van der Waals surface area contributed by atoms with Crippen LogP contribution in [0.25, 0.3) is 0 Å². The Labute approximate surface area is 110 Å². The van der Waals surface area contributed by atoms with Gasteiger partial charge in [-0.05, 0) is 25.3 Å². The number of carbonyl (C=O) groups is 1. The first-order chi connectivity index (χ1) is 8.65. The lowest BCUT2D eigenvalue weighted by molar-refractivity contribution is -0.121. The van der Waals surface area contributed by atoms with Crippen molar-refractivity contribution in [3.05, 3.63) is 35.4 Å². The van der Waals surface area contributed by atoms with E-state index >= 15 is 0 Å². The van der Waals surface area contributed by atoms with Gasteiger partial charge in [0, 0.05) is 19.0 Å². The van der Waals surface area contributed by atoms with Crippen molar-refractivity contribution in [1.29, 1.82) is 0 Å². The summed E-state index contributed by atoms with van der Waals surface area (Å²) >= 11 is 0. The van der Waals surface area contributed by atoms with E-state index in [9.17, 15) is 4.79 Å². The van der Waals surface area contributed by atoms with E-state index in [0.29, 0.717) is 13.0 Å². The summed E-state index contributed by atoms with van der Waals surface area (Å²) in [5.74, 6) is 0.0967. The minimum absolute atomic E-state index is 0.0967. The summed E-state index contributed by atoms with van der Waals surface area (Å²) in [6, 6.07) is 8.44. The molecule has 1 unspecified atom stereocenters. The van der Waals surface area contributed by atoms with Crippen LogP contribution in [0.1, 0.15) is 37.3 Å². The van der Waals surface area contributed by atoms with Gasteiger partial charge in [0.25, 0.3) is 0 Å². The predicted octanol–water partition coefficient (Wildman–Crippen LogP) is 2.17. The monoisotopic (exact) mass is 248 g/mol. The third kappa shape index (κ3) is 5.32. The molecule has 3 N–H and O–H groups in total. The van der Waals surface area contributed by atoms with E-state index in [1.165, 1.54) is 11.1 Å². The summed E-state index contributed by atoms with van der Waals surface area (Å²) in [6.45, 7) is 4.68. The Morgan fingerprint density at radius 3 is 2.56 bits per heavy atom. The Morgan fingerprint density at radius 2 is 2.00 bits per heavy atom. The van der Waals surface area contributed by atoms with Crippen molar-refractivity contribution in [2.45, 2.75) is 45.6 Å². The van der Waals surface area contributed by atoms with Gasteiger partial charge in [-0.25, -0.2) is 0 Å². The van der Waals surface area contributed by atoms with Crippen molar-refractivity contribution >= 4 is 5.91 Å². The highest BCUT2D eigenvalue weighted by Crippen LogP contribution is 2.06. The lowest BCUT2D eigenvalue weighted by Crippen LogP contribution is -2.40. The van der Waals surface area contributed by atoms with E-state index in [4.69, 9.17) is 5.73 Å². The SMILES string of the molecule is CCCC(CN)NC(=O)CCc1ccc(C)cc1. The van der Waals surface area contributed by atoms with Crippen molar-refractivity contribution in [1.82, 2.24) is 5.32 Å². The molecular formula is C15H24N2O. The van der Waals surface area contributed by atoms with E-state index in [2.05, 4.69) is 43.4 Å². The number of aryl methyl sites for hydroxylation is 2. The third-order valence-corrected chi connectivity index (χ3v) is 3.05. The fourth-order valence-corrected chi connectivity index (χ4v) is 1.91. The van der Waals surface area contributed by atoms with Crippen molar-refractivity contribution in [2.24, 2.45) is 5.73 Å². The summed E-state index contributed by atoms with van der Waals surface area (Å²) in [5, 5.41) is 2.99. The van der Waals surface area contributed by atoms with Gasteiger partial charge in [-0.1, -0.05) is 43.2 Å². The fourth-order valence-electron chi connectivity index (χ4n) is 1.91. The topological polar surface area (TPSA) is 55.1 Å². The lowest BCUT2D eigenvalue weighted by atomic mass is 10.1. The van der Waals surface area contributed by atoms with Crippen molar-refractivity contribution < 1.29 is 4.79 Å². The second kappa shape index (κ2) is 7.88. The normalized spacial score (nSPS) is 12.2. The zero-order valence-electron chi connectivity index (χ0n) is 11.4. The predicted molar refractivity (Wildman–Crippen MR) is 75.4 cm³/mol. The van der Waals surface area contributed by atoms with E-state index in [1.807, 2.05) is 0 Å². The van der Waals surface area contributed by atoms with Gasteiger partial charge in [-0.2, -0.15) is 0 Å². The molecule has 1 amide bonds. The van der Waals surface area contributed by atoms with Crippen LogP contribution in [0.15, 0.2) is 24.3 Å². The number of nitrogens with two attached hydrogens (primary N) is 1. The Kier molecular flexibility index (Phi) is 6.44. The standard InChI is InChI=1S/C15H24N2O/c1-3-4-14(11-16)17-15(18)10-9-13-7-5-12(2)6-8-13/h5-8,14H,3-4,9-11,16H2,1-2H3,(H,17,18). The number of hydrogen-bond donors (Lipinski definition) is 2. The Bertz CT molecular complexity index is 359. The van der Waals surface area contributed by atoms with Crippen LogP contribution in [0.4, 0.5) is 0 Å². The molecule has 1 rings (SSSR count). The molecule has 0 aromatic heterocycles. The van der Waals surface area contributed by atoms with E-state index in [1.54, 1.807) is 0 Å². The summed E-state index contributed by atoms with van der Waals surface area (Å²) in [5.41, 5.74) is 8.07. The van der Waals surface area contributed by atoms with Gasteiger partial charge in [0.05, 0.1) is 0 Å². The number of amides is 1. The molecule has 0 fully saturated rings. The average Bonchev–Trinajstić information content (AvgIpc) is 2.37. The molecule has 0 spiro atoms. The van der Waals surface area contributed by atoms with E-state index < -0.39 is 0 Å². The van der Waals surface area contributed by atoms with E-state index in [0.717, 1.165) is 19.3 Å². The van der Waals surface area contributed by atoms with Crippen LogP contribution in [-0.4, -0.2) is 18.5 Å². The highest BCUT2D eigenvalue weighted by atomic mass is 16.1. The molecule has 0 heterocycles. The average molecular weight is 248 g/mol. The van der Waals surface area contributed by atoms with Crippen LogP contribution < -0.4 is 11.1 Å². The van der Waals surface area contributed by atoms with Crippen LogP contribution in [-0.2, 0) is 11.2 Å². The summed E-state index contributed by atoms with van der Waals surface area (Å²) in [6.07, 6.45) is 3.31. The molecule has 0 saturated heterocycles. The maximum Gasteiger partial charge on any atom is 0.220 e. The zero-order valence-corrected chi connectivity index (χ0v) is 11.4. The molecule has 3 heteroatoms. The molecule has 1 aromatic rings. The van der Waals surface area contributed by atoms with Crippen LogP contribution in [0.5, 0.6) is 0 Å². The van der Waals surface area contributed by atoms with Gasteiger partial charge in [-0.15, -0.1) is 0 Å². The number of hydrogen-bond acceptors (Lipinski definition) is 2. The van der Waals surface area contributed by atoms with Gasteiger partial charge in [0.15, 0.2) is 0 Å². The number of rotatable bonds is 7. The van der Waals surface area contributed by atoms with Gasteiger partial charge >= 0.3 is 0 Å². The number of nitrogens with one attached hydrogen (secondary N) is 1. The van der Waals surface area contributed by atoms with E-state index in [-0.39, 0.29) is 11.9 Å². The van der Waals surface area contributed by atoms with Crippen LogP contribution >= 0.6 is 0 Å². The first-order valence-corrected chi connectivity index (χ1v) is 6.70. The van der Waals surface area contributed by atoms with Gasteiger partial charge in [0.2, 0.25) is 5.91 Å². The number of carbonyl (C=O) groups excluding carboxylic acids is 1. The van der Waals surface area contributed by atoms with Crippen LogP contribution in [0.3, 0.4) is 0 Å². The first-order valence-electron chi connectivity index (χ1n) is 6.70. The lowest BCUT2D eigenvalue weighted by Gasteiger charge is -2.15. The van der Waals surface area contributed by atoms with Gasteiger partial charge in [-0.3, -0.25) is 4.79 Å². The second-order valence-corrected chi connectivity index (χ2v) is 4.77.